The Morgan fingerprint density at radius 2 is 0.915 bits per heavy atom. The summed E-state index contributed by atoms with van der Waals surface area (Å²) < 4.78 is 22.2. The number of carbonyl (C=O) groups is 2. The second-order valence-electron chi connectivity index (χ2n) is 15.9. The number of ether oxygens (including phenoxy) is 4. The van der Waals surface area contributed by atoms with E-state index in [-0.39, 0.29) is 53.3 Å². The van der Waals surface area contributed by atoms with Gasteiger partial charge in [0.1, 0.15) is 48.8 Å². The summed E-state index contributed by atoms with van der Waals surface area (Å²) in [4.78, 5) is 22.1. The van der Waals surface area contributed by atoms with Gasteiger partial charge in [-0.15, -0.1) is 0 Å². The van der Waals surface area contributed by atoms with Crippen LogP contribution in [0.1, 0.15) is 80.1 Å². The number of hydrogen-bond donors (Lipinski definition) is 6. The fourth-order valence-electron chi connectivity index (χ4n) is 9.31. The third-order valence-electron chi connectivity index (χ3n) is 13.6. The van der Waals surface area contributed by atoms with Crippen molar-refractivity contribution < 1.29 is 88.9 Å². The van der Waals surface area contributed by atoms with Crippen LogP contribution < -0.4 is 10.2 Å². The van der Waals surface area contributed by atoms with E-state index in [4.69, 9.17) is 18.9 Å². The second kappa shape index (κ2) is 13.4. The van der Waals surface area contributed by atoms with Crippen molar-refractivity contribution in [2.45, 2.75) is 154 Å². The zero-order chi connectivity index (χ0) is 34.3. The molecular weight excluding hydrogens is 674 g/mol. The van der Waals surface area contributed by atoms with Gasteiger partial charge in [0.2, 0.25) is 0 Å². The molecule has 4 bridgehead atoms. The molecule has 16 atom stereocenters. The van der Waals surface area contributed by atoms with Gasteiger partial charge in [0.25, 0.3) is 0 Å². The van der Waals surface area contributed by atoms with E-state index >= 15 is 0 Å². The van der Waals surface area contributed by atoms with Crippen molar-refractivity contribution in [2.75, 3.05) is 0 Å². The maximum Gasteiger partial charge on any atom is 2.00 e. The number of carbonyl (C=O) groups excluding carboxylic acids is 2. The monoisotopic (exact) mass is 722 g/mol. The van der Waals surface area contributed by atoms with E-state index in [1.807, 2.05) is 0 Å². The Kier molecular flexibility index (Phi) is 11.1. The predicted octanol–water partition coefficient (Wildman–Crippen LogP) is -2.45. The molecular formula is C32H50O14Zn. The molecule has 0 aromatic carbocycles. The average molecular weight is 724 g/mol. The minimum Gasteiger partial charge on any atom is -0.547 e. The summed E-state index contributed by atoms with van der Waals surface area (Å²) in [5.41, 5.74) is -0.0240. The molecule has 0 radical (unpaired) electrons. The topological polar surface area (TPSA) is 239 Å². The molecule has 14 unspecified atom stereocenters. The first-order valence-corrected chi connectivity index (χ1v) is 16.3. The number of aliphatic hydroxyl groups is 6. The molecule has 4 aliphatic carbocycles. The Morgan fingerprint density at radius 3 is 1.15 bits per heavy atom. The fourth-order valence-corrected chi connectivity index (χ4v) is 9.31. The Hall–Kier alpha value is -0.837. The smallest absolute Gasteiger partial charge is 0.547 e. The normalized spacial score (nSPS) is 50.7. The van der Waals surface area contributed by atoms with Gasteiger partial charge < -0.3 is 69.4 Å². The molecule has 0 aromatic heterocycles. The van der Waals surface area contributed by atoms with E-state index in [9.17, 15) is 50.4 Å². The summed E-state index contributed by atoms with van der Waals surface area (Å²) in [5.74, 6) is -2.27. The predicted molar refractivity (Wildman–Crippen MR) is 152 cm³/mol. The molecule has 6 N–H and O–H groups in total. The van der Waals surface area contributed by atoms with Crippen LogP contribution in [0.5, 0.6) is 0 Å². The third-order valence-corrected chi connectivity index (χ3v) is 13.6. The first-order valence-electron chi connectivity index (χ1n) is 16.3. The van der Waals surface area contributed by atoms with Crippen LogP contribution in [0.2, 0.25) is 0 Å². The largest absolute Gasteiger partial charge is 2.00 e. The van der Waals surface area contributed by atoms with Gasteiger partial charge >= 0.3 is 19.5 Å². The first-order chi connectivity index (χ1) is 21.2. The summed E-state index contributed by atoms with van der Waals surface area (Å²) in [6.45, 7) is 13.1. The van der Waals surface area contributed by atoms with Crippen LogP contribution in [0.25, 0.3) is 0 Å². The molecule has 15 heteroatoms. The van der Waals surface area contributed by atoms with Gasteiger partial charge in [0.05, 0.1) is 24.1 Å². The van der Waals surface area contributed by atoms with Crippen LogP contribution in [0, 0.1) is 33.5 Å². The minimum atomic E-state index is -1.75. The Balaban J connectivity index is 0.000000208. The molecule has 2 heterocycles. The number of fused-ring (bicyclic) bond motifs is 4. The van der Waals surface area contributed by atoms with Gasteiger partial charge in [-0.25, -0.2) is 0 Å². The van der Waals surface area contributed by atoms with Gasteiger partial charge in [-0.1, -0.05) is 41.5 Å². The third kappa shape index (κ3) is 6.13. The molecule has 6 rings (SSSR count). The van der Waals surface area contributed by atoms with Crippen LogP contribution in [0.15, 0.2) is 0 Å². The molecule has 47 heavy (non-hydrogen) atoms. The summed E-state index contributed by atoms with van der Waals surface area (Å²) in [7, 11) is 0. The van der Waals surface area contributed by atoms with E-state index in [1.165, 1.54) is 0 Å². The van der Waals surface area contributed by atoms with Crippen molar-refractivity contribution in [2.24, 2.45) is 33.5 Å². The average Bonchev–Trinajstić information content (AvgIpc) is 3.50. The molecule has 6 aliphatic rings. The Morgan fingerprint density at radius 1 is 0.596 bits per heavy atom. The zero-order valence-electron chi connectivity index (χ0n) is 28.0. The summed E-state index contributed by atoms with van der Waals surface area (Å²) in [6.07, 6.45) is -10.4. The van der Waals surface area contributed by atoms with Crippen LogP contribution >= 0.6 is 0 Å². The maximum absolute atomic E-state index is 11.0. The van der Waals surface area contributed by atoms with Crippen molar-refractivity contribution in [1.29, 1.82) is 0 Å². The van der Waals surface area contributed by atoms with E-state index in [0.29, 0.717) is 11.8 Å². The Bertz CT molecular complexity index is 1080. The molecule has 0 amide bonds. The van der Waals surface area contributed by atoms with E-state index < -0.39 is 73.4 Å². The van der Waals surface area contributed by atoms with Gasteiger partial charge in [0, 0.05) is 0 Å². The molecule has 264 valence electrons. The molecule has 14 nitrogen and oxygen atoms in total. The van der Waals surface area contributed by atoms with Crippen LogP contribution in [-0.2, 0) is 48.0 Å². The summed E-state index contributed by atoms with van der Waals surface area (Å²) >= 11 is 0. The van der Waals surface area contributed by atoms with Gasteiger partial charge in [-0.2, -0.15) is 0 Å². The van der Waals surface area contributed by atoms with Gasteiger partial charge in [-0.3, -0.25) is 0 Å². The zero-order valence-corrected chi connectivity index (χ0v) is 30.9. The van der Waals surface area contributed by atoms with E-state index in [1.54, 1.807) is 0 Å². The Labute approximate surface area is 287 Å². The SMILES string of the molecule is CC1(C)C2CCC1(C)C(O[C@@H]1OC(C(=O)[O-])C(O)C(O)C1O)C2.CC1(C)C2CCC1(C)C(O[C@@H]1OC(C(=O)[O-])C(O)C(O)C1O)C2.[Zn+2]. The summed E-state index contributed by atoms with van der Waals surface area (Å²) in [6, 6.07) is 0. The summed E-state index contributed by atoms with van der Waals surface area (Å²) in [5, 5.41) is 81.3. The molecule has 0 aromatic rings. The van der Waals surface area contributed by atoms with E-state index in [0.717, 1.165) is 38.5 Å². The van der Waals surface area contributed by atoms with Crippen LogP contribution in [0.4, 0.5) is 0 Å². The van der Waals surface area contributed by atoms with Crippen molar-refractivity contribution in [1.82, 2.24) is 0 Å². The van der Waals surface area contributed by atoms with Crippen molar-refractivity contribution in [3.8, 4) is 0 Å². The maximum atomic E-state index is 11.0. The number of carboxylic acid groups (broad SMARTS) is 2. The van der Waals surface area contributed by atoms with Crippen molar-refractivity contribution in [3.63, 3.8) is 0 Å². The van der Waals surface area contributed by atoms with Crippen LogP contribution in [0.3, 0.4) is 0 Å². The second-order valence-corrected chi connectivity index (χ2v) is 15.9. The minimum absolute atomic E-state index is 0. The van der Waals surface area contributed by atoms with Crippen molar-refractivity contribution in [3.05, 3.63) is 0 Å². The number of aliphatic hydroxyl groups excluding tert-OH is 6. The van der Waals surface area contributed by atoms with Gasteiger partial charge in [0.15, 0.2) is 12.6 Å². The number of rotatable bonds is 6. The fraction of sp³-hybridized carbons (Fsp3) is 0.938. The molecule has 2 saturated heterocycles. The number of hydrogen-bond acceptors (Lipinski definition) is 14. The molecule has 2 aliphatic heterocycles. The van der Waals surface area contributed by atoms with E-state index in [2.05, 4.69) is 41.5 Å². The van der Waals surface area contributed by atoms with Gasteiger partial charge in [-0.05, 0) is 72.0 Å². The first kappa shape index (κ1) is 39.0. The standard InChI is InChI=1S/2C16H26O7.Zn/c2*1-15(2)7-4-5-16(15,3)8(6-7)22-14-11(19)9(17)10(18)12(23-14)13(20)21;/h2*7-12,14,17-19H,4-6H2,1-3H3,(H,20,21);/q;;+2/p-2/t2*7?,8?,9?,10?,11?,12?,14-,16?;/m11./s1. The number of aliphatic carboxylic acids is 2. The molecule has 4 saturated carbocycles. The molecule has 0 spiro atoms. The quantitative estimate of drug-likeness (QED) is 0.156. The van der Waals surface area contributed by atoms with Crippen molar-refractivity contribution >= 4 is 11.9 Å². The molecule has 6 fully saturated rings. The van der Waals surface area contributed by atoms with Crippen LogP contribution in [-0.4, -0.2) is 116 Å². The number of carboxylic acids is 2.